The minimum absolute atomic E-state index is 0.247. The molecule has 1 amide bonds. The molecule has 1 N–H and O–H groups in total. The van der Waals surface area contributed by atoms with E-state index in [1.165, 1.54) is 12.8 Å². The molecule has 1 aromatic heterocycles. The lowest BCUT2D eigenvalue weighted by Gasteiger charge is -2.13. The van der Waals surface area contributed by atoms with Gasteiger partial charge >= 0.3 is 0 Å². The number of hydrogen-bond acceptors (Lipinski definition) is 3. The van der Waals surface area contributed by atoms with E-state index in [-0.39, 0.29) is 5.91 Å². The fourth-order valence-corrected chi connectivity index (χ4v) is 2.45. The number of amides is 1. The number of furan rings is 1. The van der Waals surface area contributed by atoms with E-state index in [1.54, 1.807) is 0 Å². The summed E-state index contributed by atoms with van der Waals surface area (Å²) in [6.07, 6.45) is 3.25. The van der Waals surface area contributed by atoms with Gasteiger partial charge in [0.2, 0.25) is 5.91 Å². The molecule has 0 aromatic carbocycles. The second-order valence-electron chi connectivity index (χ2n) is 5.61. The molecule has 4 heteroatoms. The van der Waals surface area contributed by atoms with Crippen LogP contribution in [0.25, 0.3) is 0 Å². The second kappa shape index (κ2) is 4.76. The minimum Gasteiger partial charge on any atom is -0.463 e. The summed E-state index contributed by atoms with van der Waals surface area (Å²) in [5.41, 5.74) is 0. The van der Waals surface area contributed by atoms with Crippen LogP contribution in [0.5, 0.6) is 0 Å². The first-order valence-corrected chi connectivity index (χ1v) is 6.79. The molecule has 1 atom stereocenters. The Bertz CT molecular complexity index is 437. The van der Waals surface area contributed by atoms with Gasteiger partial charge in [-0.05, 0) is 30.9 Å². The van der Waals surface area contributed by atoms with Crippen molar-refractivity contribution in [3.63, 3.8) is 0 Å². The average molecular weight is 248 g/mol. The smallest absolute Gasteiger partial charge is 0.223 e. The number of likely N-dealkylation sites (tertiary alicyclic amines) is 1. The highest BCUT2D eigenvalue weighted by Crippen LogP contribution is 2.22. The first-order valence-electron chi connectivity index (χ1n) is 6.79. The molecule has 0 bridgehead atoms. The molecule has 18 heavy (non-hydrogen) atoms. The van der Waals surface area contributed by atoms with E-state index < -0.39 is 0 Å². The summed E-state index contributed by atoms with van der Waals surface area (Å²) in [6, 6.07) is 4.69. The van der Waals surface area contributed by atoms with Crippen LogP contribution in [-0.2, 0) is 17.9 Å². The highest BCUT2D eigenvalue weighted by molar-refractivity contribution is 5.78. The fourth-order valence-electron chi connectivity index (χ4n) is 2.45. The van der Waals surface area contributed by atoms with Gasteiger partial charge < -0.3 is 14.6 Å². The molecular formula is C14H20N2O2. The van der Waals surface area contributed by atoms with E-state index in [0.717, 1.165) is 24.6 Å². The predicted octanol–water partition coefficient (Wildman–Crippen LogP) is 1.90. The Morgan fingerprint density at radius 2 is 2.17 bits per heavy atom. The molecule has 1 aliphatic carbocycles. The van der Waals surface area contributed by atoms with E-state index in [4.69, 9.17) is 4.42 Å². The SMILES string of the molecule is CC1CC(=O)N(Cc2ccc(CNC3CC3)o2)C1. The molecule has 1 unspecified atom stereocenters. The molecule has 4 nitrogen and oxygen atoms in total. The summed E-state index contributed by atoms with van der Waals surface area (Å²) in [6.45, 7) is 4.39. The maximum Gasteiger partial charge on any atom is 0.223 e. The largest absolute Gasteiger partial charge is 0.463 e. The van der Waals surface area contributed by atoms with Gasteiger partial charge in [0.15, 0.2) is 0 Å². The summed E-state index contributed by atoms with van der Waals surface area (Å²) < 4.78 is 5.75. The van der Waals surface area contributed by atoms with Crippen LogP contribution in [0, 0.1) is 5.92 Å². The lowest BCUT2D eigenvalue weighted by molar-refractivity contribution is -0.128. The molecule has 1 saturated carbocycles. The van der Waals surface area contributed by atoms with Gasteiger partial charge in [-0.25, -0.2) is 0 Å². The van der Waals surface area contributed by atoms with Gasteiger partial charge in [0.1, 0.15) is 11.5 Å². The van der Waals surface area contributed by atoms with Gasteiger partial charge in [0.05, 0.1) is 13.1 Å². The molecule has 2 heterocycles. The maximum absolute atomic E-state index is 11.7. The average Bonchev–Trinajstić information content (AvgIpc) is 2.97. The van der Waals surface area contributed by atoms with Gasteiger partial charge in [0, 0.05) is 19.0 Å². The van der Waals surface area contributed by atoms with Crippen molar-refractivity contribution in [1.82, 2.24) is 10.2 Å². The van der Waals surface area contributed by atoms with Crippen molar-refractivity contribution in [2.24, 2.45) is 5.92 Å². The third kappa shape index (κ3) is 2.75. The Morgan fingerprint density at radius 1 is 1.39 bits per heavy atom. The standard InChI is InChI=1S/C14H20N2O2/c1-10-6-14(17)16(8-10)9-13-5-4-12(18-13)7-15-11-2-3-11/h4-5,10-11,15H,2-3,6-9H2,1H3. The number of carbonyl (C=O) groups is 1. The lowest BCUT2D eigenvalue weighted by atomic mass is 10.2. The van der Waals surface area contributed by atoms with Crippen LogP contribution >= 0.6 is 0 Å². The molecule has 1 aromatic rings. The molecular weight excluding hydrogens is 228 g/mol. The van der Waals surface area contributed by atoms with Crippen molar-refractivity contribution < 1.29 is 9.21 Å². The summed E-state index contributed by atoms with van der Waals surface area (Å²) in [5, 5.41) is 3.42. The van der Waals surface area contributed by atoms with Crippen LogP contribution in [0.1, 0.15) is 37.7 Å². The topological polar surface area (TPSA) is 45.5 Å². The number of rotatable bonds is 5. The molecule has 3 rings (SSSR count). The summed E-state index contributed by atoms with van der Waals surface area (Å²) in [5.74, 6) is 2.58. The quantitative estimate of drug-likeness (QED) is 0.865. The van der Waals surface area contributed by atoms with Gasteiger partial charge in [-0.3, -0.25) is 4.79 Å². The Kier molecular flexibility index (Phi) is 3.12. The molecule has 0 radical (unpaired) electrons. The van der Waals surface area contributed by atoms with Crippen LogP contribution < -0.4 is 5.32 Å². The van der Waals surface area contributed by atoms with Crippen molar-refractivity contribution in [3.05, 3.63) is 23.7 Å². The van der Waals surface area contributed by atoms with Crippen LogP contribution in [0.2, 0.25) is 0 Å². The van der Waals surface area contributed by atoms with E-state index in [2.05, 4.69) is 12.2 Å². The molecule has 1 aliphatic heterocycles. The second-order valence-corrected chi connectivity index (χ2v) is 5.61. The van der Waals surface area contributed by atoms with Crippen LogP contribution in [0.3, 0.4) is 0 Å². The molecule has 2 aliphatic rings. The summed E-state index contributed by atoms with van der Waals surface area (Å²) >= 11 is 0. The molecule has 0 spiro atoms. The zero-order chi connectivity index (χ0) is 12.5. The van der Waals surface area contributed by atoms with Crippen molar-refractivity contribution in [1.29, 1.82) is 0 Å². The lowest BCUT2D eigenvalue weighted by Crippen LogP contribution is -2.24. The Morgan fingerprint density at radius 3 is 2.83 bits per heavy atom. The highest BCUT2D eigenvalue weighted by atomic mass is 16.3. The molecule has 98 valence electrons. The first-order chi connectivity index (χ1) is 8.70. The summed E-state index contributed by atoms with van der Waals surface area (Å²) in [4.78, 5) is 13.6. The van der Waals surface area contributed by atoms with Crippen molar-refractivity contribution in [3.8, 4) is 0 Å². The fraction of sp³-hybridized carbons (Fsp3) is 0.643. The summed E-state index contributed by atoms with van der Waals surface area (Å²) in [7, 11) is 0. The number of nitrogens with zero attached hydrogens (tertiary/aromatic N) is 1. The third-order valence-electron chi connectivity index (χ3n) is 3.61. The van der Waals surface area contributed by atoms with Crippen LogP contribution in [0.15, 0.2) is 16.5 Å². The van der Waals surface area contributed by atoms with Gasteiger partial charge in [0.25, 0.3) is 0 Å². The van der Waals surface area contributed by atoms with Gasteiger partial charge in [-0.1, -0.05) is 6.92 Å². The number of carbonyl (C=O) groups excluding carboxylic acids is 1. The minimum atomic E-state index is 0.247. The Labute approximate surface area is 107 Å². The van der Waals surface area contributed by atoms with Crippen molar-refractivity contribution in [2.75, 3.05) is 6.54 Å². The Hall–Kier alpha value is -1.29. The van der Waals surface area contributed by atoms with E-state index in [9.17, 15) is 4.79 Å². The number of hydrogen-bond donors (Lipinski definition) is 1. The van der Waals surface area contributed by atoms with Crippen molar-refractivity contribution in [2.45, 2.75) is 45.3 Å². The molecule has 2 fully saturated rings. The molecule has 1 saturated heterocycles. The monoisotopic (exact) mass is 248 g/mol. The van der Waals surface area contributed by atoms with E-state index in [1.807, 2.05) is 17.0 Å². The Balaban J connectivity index is 1.54. The highest BCUT2D eigenvalue weighted by Gasteiger charge is 2.27. The van der Waals surface area contributed by atoms with E-state index in [0.29, 0.717) is 24.9 Å². The van der Waals surface area contributed by atoms with Gasteiger partial charge in [-0.15, -0.1) is 0 Å². The normalized spacial score (nSPS) is 23.9. The third-order valence-corrected chi connectivity index (χ3v) is 3.61. The maximum atomic E-state index is 11.7. The number of nitrogens with one attached hydrogen (secondary N) is 1. The van der Waals surface area contributed by atoms with Crippen molar-refractivity contribution >= 4 is 5.91 Å². The first kappa shape index (κ1) is 11.8. The van der Waals surface area contributed by atoms with Crippen LogP contribution in [0.4, 0.5) is 0 Å². The van der Waals surface area contributed by atoms with Gasteiger partial charge in [-0.2, -0.15) is 0 Å². The van der Waals surface area contributed by atoms with Crippen LogP contribution in [-0.4, -0.2) is 23.4 Å². The zero-order valence-corrected chi connectivity index (χ0v) is 10.8. The zero-order valence-electron chi connectivity index (χ0n) is 10.8. The predicted molar refractivity (Wildman–Crippen MR) is 67.8 cm³/mol. The van der Waals surface area contributed by atoms with E-state index >= 15 is 0 Å².